The first kappa shape index (κ1) is 9.45. The van der Waals surface area contributed by atoms with Crippen molar-refractivity contribution in [2.75, 3.05) is 6.61 Å². The van der Waals surface area contributed by atoms with E-state index in [1.54, 1.807) is 18.2 Å². The van der Waals surface area contributed by atoms with Gasteiger partial charge in [-0.15, -0.1) is 0 Å². The van der Waals surface area contributed by atoms with Crippen molar-refractivity contribution >= 4 is 11.8 Å². The first-order chi connectivity index (χ1) is 7.18. The minimum Gasteiger partial charge on any atom is -0.447 e. The standard InChI is InChI=1S/C9H8N2O4/c12-9-10-7(5-15-9)6-3-1-2-4-8(6)11(13)14/h1-4,7H,5H2,(H,10,12)/t7-/m0/s1. The van der Waals surface area contributed by atoms with Crippen LogP contribution >= 0.6 is 0 Å². The van der Waals surface area contributed by atoms with E-state index < -0.39 is 17.1 Å². The van der Waals surface area contributed by atoms with Crippen LogP contribution in [0.15, 0.2) is 24.3 Å². The van der Waals surface area contributed by atoms with Gasteiger partial charge in [0.15, 0.2) is 0 Å². The molecule has 0 radical (unpaired) electrons. The number of amides is 1. The zero-order chi connectivity index (χ0) is 10.8. The normalized spacial score (nSPS) is 19.5. The summed E-state index contributed by atoms with van der Waals surface area (Å²) in [4.78, 5) is 21.0. The SMILES string of the molecule is O=C1N[C@H](c2ccccc2[N+](=O)[O-])CO1. The van der Waals surface area contributed by atoms with E-state index in [9.17, 15) is 14.9 Å². The summed E-state index contributed by atoms with van der Waals surface area (Å²) < 4.78 is 4.68. The number of nitrogens with one attached hydrogen (secondary N) is 1. The number of rotatable bonds is 2. The van der Waals surface area contributed by atoms with Gasteiger partial charge in [0.1, 0.15) is 6.61 Å². The summed E-state index contributed by atoms with van der Waals surface area (Å²) in [7, 11) is 0. The van der Waals surface area contributed by atoms with Crippen LogP contribution in [0, 0.1) is 10.1 Å². The summed E-state index contributed by atoms with van der Waals surface area (Å²) in [5, 5.41) is 13.2. The van der Waals surface area contributed by atoms with E-state index >= 15 is 0 Å². The van der Waals surface area contributed by atoms with Crippen LogP contribution in [0.25, 0.3) is 0 Å². The Bertz CT molecular complexity index is 418. The van der Waals surface area contributed by atoms with Gasteiger partial charge in [-0.25, -0.2) is 4.79 Å². The molecule has 2 rings (SSSR count). The maximum absolute atomic E-state index is 10.8. The number of nitro groups is 1. The summed E-state index contributed by atoms with van der Waals surface area (Å²) in [5.74, 6) is 0. The van der Waals surface area contributed by atoms with E-state index in [0.717, 1.165) is 0 Å². The molecule has 0 saturated carbocycles. The lowest BCUT2D eigenvalue weighted by Crippen LogP contribution is -2.19. The van der Waals surface area contributed by atoms with Crippen molar-refractivity contribution in [1.82, 2.24) is 5.32 Å². The number of hydrogen-bond donors (Lipinski definition) is 1. The maximum atomic E-state index is 10.8. The second kappa shape index (κ2) is 3.56. The van der Waals surface area contributed by atoms with E-state index in [0.29, 0.717) is 5.56 Å². The zero-order valence-corrected chi connectivity index (χ0v) is 7.67. The molecule has 1 aliphatic rings. The van der Waals surface area contributed by atoms with E-state index in [4.69, 9.17) is 0 Å². The Kier molecular flexibility index (Phi) is 2.24. The first-order valence-electron chi connectivity index (χ1n) is 4.35. The Balaban J connectivity index is 2.35. The number of benzene rings is 1. The van der Waals surface area contributed by atoms with Crippen LogP contribution in [-0.4, -0.2) is 17.6 Å². The summed E-state index contributed by atoms with van der Waals surface area (Å²) in [5.41, 5.74) is 0.460. The van der Waals surface area contributed by atoms with Crippen LogP contribution in [0.4, 0.5) is 10.5 Å². The third-order valence-corrected chi connectivity index (χ3v) is 2.18. The largest absolute Gasteiger partial charge is 0.447 e. The number of hydrogen-bond acceptors (Lipinski definition) is 4. The summed E-state index contributed by atoms with van der Waals surface area (Å²) in [6.07, 6.45) is -0.543. The molecule has 0 aromatic heterocycles. The number of cyclic esters (lactones) is 1. The molecular weight excluding hydrogens is 200 g/mol. The molecule has 0 aliphatic carbocycles. The lowest BCUT2D eigenvalue weighted by Gasteiger charge is -2.07. The molecule has 1 N–H and O–H groups in total. The third-order valence-electron chi connectivity index (χ3n) is 2.18. The number of nitro benzene ring substituents is 1. The van der Waals surface area contributed by atoms with Crippen LogP contribution in [0.1, 0.15) is 11.6 Å². The Morgan fingerprint density at radius 3 is 2.80 bits per heavy atom. The van der Waals surface area contributed by atoms with Gasteiger partial charge in [-0.05, 0) is 6.07 Å². The van der Waals surface area contributed by atoms with E-state index in [2.05, 4.69) is 10.1 Å². The van der Waals surface area contributed by atoms with Gasteiger partial charge in [-0.2, -0.15) is 0 Å². The second-order valence-corrected chi connectivity index (χ2v) is 3.11. The lowest BCUT2D eigenvalue weighted by molar-refractivity contribution is -0.385. The molecule has 1 aliphatic heterocycles. The average Bonchev–Trinajstić information content (AvgIpc) is 2.65. The monoisotopic (exact) mass is 208 g/mol. The Morgan fingerprint density at radius 2 is 2.20 bits per heavy atom. The highest BCUT2D eigenvalue weighted by Crippen LogP contribution is 2.26. The number of para-hydroxylation sites is 1. The van der Waals surface area contributed by atoms with E-state index in [-0.39, 0.29) is 12.3 Å². The molecule has 1 atom stereocenters. The number of nitrogens with zero attached hydrogens (tertiary/aromatic N) is 1. The van der Waals surface area contributed by atoms with E-state index in [1.807, 2.05) is 0 Å². The Labute approximate surface area is 85.0 Å². The molecule has 0 unspecified atom stereocenters. The topological polar surface area (TPSA) is 81.5 Å². The van der Waals surface area contributed by atoms with Crippen LogP contribution in [-0.2, 0) is 4.74 Å². The van der Waals surface area contributed by atoms with Crippen molar-refractivity contribution in [1.29, 1.82) is 0 Å². The van der Waals surface area contributed by atoms with Gasteiger partial charge < -0.3 is 10.1 Å². The number of ether oxygens (including phenoxy) is 1. The van der Waals surface area contributed by atoms with Crippen molar-refractivity contribution in [3.05, 3.63) is 39.9 Å². The Morgan fingerprint density at radius 1 is 1.47 bits per heavy atom. The average molecular weight is 208 g/mol. The third kappa shape index (κ3) is 1.74. The van der Waals surface area contributed by atoms with Crippen LogP contribution in [0.3, 0.4) is 0 Å². The fourth-order valence-corrected chi connectivity index (χ4v) is 1.50. The summed E-state index contributed by atoms with van der Waals surface area (Å²) >= 11 is 0. The number of carbonyl (C=O) groups excluding carboxylic acids is 1. The fourth-order valence-electron chi connectivity index (χ4n) is 1.50. The predicted octanol–water partition coefficient (Wildman–Crippen LogP) is 1.38. The van der Waals surface area contributed by atoms with Crippen molar-refractivity contribution in [2.45, 2.75) is 6.04 Å². The van der Waals surface area contributed by atoms with Gasteiger partial charge in [0.25, 0.3) is 5.69 Å². The highest BCUT2D eigenvalue weighted by Gasteiger charge is 2.29. The van der Waals surface area contributed by atoms with Gasteiger partial charge in [0.05, 0.1) is 16.5 Å². The summed E-state index contributed by atoms with van der Waals surface area (Å²) in [6.45, 7) is 0.129. The Hall–Kier alpha value is -2.11. The number of carbonyl (C=O) groups is 1. The lowest BCUT2D eigenvalue weighted by atomic mass is 10.1. The second-order valence-electron chi connectivity index (χ2n) is 3.11. The molecule has 6 nitrogen and oxygen atoms in total. The van der Waals surface area contributed by atoms with Gasteiger partial charge in [0, 0.05) is 6.07 Å². The van der Waals surface area contributed by atoms with Crippen molar-refractivity contribution in [2.24, 2.45) is 0 Å². The van der Waals surface area contributed by atoms with Crippen molar-refractivity contribution < 1.29 is 14.5 Å². The predicted molar refractivity (Wildman–Crippen MR) is 50.3 cm³/mol. The molecule has 15 heavy (non-hydrogen) atoms. The molecule has 1 aromatic rings. The highest BCUT2D eigenvalue weighted by atomic mass is 16.6. The summed E-state index contributed by atoms with van der Waals surface area (Å²) in [6, 6.07) is 5.85. The smallest absolute Gasteiger partial charge is 0.407 e. The quantitative estimate of drug-likeness (QED) is 0.587. The van der Waals surface area contributed by atoms with Crippen LogP contribution in [0.5, 0.6) is 0 Å². The van der Waals surface area contributed by atoms with E-state index in [1.165, 1.54) is 6.07 Å². The molecule has 0 spiro atoms. The molecule has 78 valence electrons. The molecular formula is C9H8N2O4. The zero-order valence-electron chi connectivity index (χ0n) is 7.67. The van der Waals surface area contributed by atoms with Crippen molar-refractivity contribution in [3.8, 4) is 0 Å². The van der Waals surface area contributed by atoms with Crippen LogP contribution < -0.4 is 5.32 Å². The number of alkyl carbamates (subject to hydrolysis) is 1. The molecule has 1 fully saturated rings. The van der Waals surface area contributed by atoms with Crippen molar-refractivity contribution in [3.63, 3.8) is 0 Å². The fraction of sp³-hybridized carbons (Fsp3) is 0.222. The van der Waals surface area contributed by atoms with Gasteiger partial charge in [-0.1, -0.05) is 12.1 Å². The highest BCUT2D eigenvalue weighted by molar-refractivity contribution is 5.70. The molecule has 1 aromatic carbocycles. The van der Waals surface area contributed by atoms with Gasteiger partial charge in [0.2, 0.25) is 0 Å². The first-order valence-corrected chi connectivity index (χ1v) is 4.35. The molecule has 1 saturated heterocycles. The van der Waals surface area contributed by atoms with Gasteiger partial charge >= 0.3 is 6.09 Å². The van der Waals surface area contributed by atoms with Gasteiger partial charge in [-0.3, -0.25) is 10.1 Å². The molecule has 1 heterocycles. The minimum absolute atomic E-state index is 0.00620. The minimum atomic E-state index is -0.543. The molecule has 6 heteroatoms. The van der Waals surface area contributed by atoms with Crippen LogP contribution in [0.2, 0.25) is 0 Å². The maximum Gasteiger partial charge on any atom is 0.407 e. The molecule has 0 bridgehead atoms. The molecule has 1 amide bonds.